The summed E-state index contributed by atoms with van der Waals surface area (Å²) in [4.78, 5) is 26.1. The topological polar surface area (TPSA) is 105 Å². The first-order chi connectivity index (χ1) is 12.9. The van der Waals surface area contributed by atoms with Crippen LogP contribution in [0.1, 0.15) is 31.7 Å². The lowest BCUT2D eigenvalue weighted by molar-refractivity contribution is -0.127. The maximum atomic E-state index is 12.7. The zero-order chi connectivity index (χ0) is 20.2. The Bertz CT molecular complexity index is 742. The first-order valence-corrected chi connectivity index (χ1v) is 10.4. The van der Waals surface area contributed by atoms with Gasteiger partial charge in [0.05, 0.1) is 19.6 Å². The summed E-state index contributed by atoms with van der Waals surface area (Å²) in [6.07, 6.45) is 1.68. The van der Waals surface area contributed by atoms with Crippen LogP contribution in [0.5, 0.6) is 5.75 Å². The first-order valence-electron chi connectivity index (χ1n) is 8.52. The van der Waals surface area contributed by atoms with Gasteiger partial charge in [0.1, 0.15) is 5.75 Å². The molecule has 2 amide bonds. The van der Waals surface area contributed by atoms with Crippen molar-refractivity contribution < 1.29 is 22.7 Å². The van der Waals surface area contributed by atoms with Crippen molar-refractivity contribution >= 4 is 33.6 Å². The summed E-state index contributed by atoms with van der Waals surface area (Å²) in [7, 11) is 0.631. The Hall–Kier alpha value is -1.91. The minimum atomic E-state index is -2.51. The maximum Gasteiger partial charge on any atom is 0.311 e. The summed E-state index contributed by atoms with van der Waals surface area (Å²) in [5.41, 5.74) is 0.753. The molecule has 0 aliphatic carbocycles. The van der Waals surface area contributed by atoms with Crippen LogP contribution in [0.4, 0.5) is 4.79 Å². The first kappa shape index (κ1) is 23.1. The fourth-order valence-corrected chi connectivity index (χ4v) is 3.39. The van der Waals surface area contributed by atoms with Crippen molar-refractivity contribution in [3.63, 3.8) is 0 Å². The van der Waals surface area contributed by atoms with Gasteiger partial charge in [-0.2, -0.15) is 12.8 Å². The maximum absolute atomic E-state index is 12.7. The van der Waals surface area contributed by atoms with E-state index in [0.29, 0.717) is 18.6 Å². The van der Waals surface area contributed by atoms with E-state index in [2.05, 4.69) is 9.08 Å². The Morgan fingerprint density at radius 3 is 2.44 bits per heavy atom. The third-order valence-corrected chi connectivity index (χ3v) is 4.84. The normalized spacial score (nSPS) is 11.5. The van der Waals surface area contributed by atoms with E-state index in [1.165, 1.54) is 0 Å². The Morgan fingerprint density at radius 1 is 1.26 bits per heavy atom. The predicted molar refractivity (Wildman–Crippen MR) is 105 cm³/mol. The van der Waals surface area contributed by atoms with E-state index in [-0.39, 0.29) is 18.9 Å². The van der Waals surface area contributed by atoms with E-state index in [1.807, 2.05) is 6.92 Å². The summed E-state index contributed by atoms with van der Waals surface area (Å²) in [6.45, 7) is 2.03. The van der Waals surface area contributed by atoms with E-state index in [1.54, 1.807) is 38.4 Å². The average Bonchev–Trinajstić information content (AvgIpc) is 2.62. The predicted octanol–water partition coefficient (Wildman–Crippen LogP) is 2.68. The van der Waals surface area contributed by atoms with Gasteiger partial charge in [0, 0.05) is 18.5 Å². The molecule has 0 aliphatic heterocycles. The molecule has 1 aromatic rings. The highest BCUT2D eigenvalue weighted by Crippen LogP contribution is 2.15. The molecule has 0 radical (unpaired) electrons. The van der Waals surface area contributed by atoms with Gasteiger partial charge < -0.3 is 4.74 Å². The zero-order valence-electron chi connectivity index (χ0n) is 15.7. The van der Waals surface area contributed by atoms with Crippen molar-refractivity contribution in [1.82, 2.24) is 9.62 Å². The van der Waals surface area contributed by atoms with Crippen molar-refractivity contribution in [2.75, 3.05) is 20.7 Å². The highest BCUT2D eigenvalue weighted by Gasteiger charge is 2.23. The van der Waals surface area contributed by atoms with Crippen molar-refractivity contribution in [3.8, 4) is 5.75 Å². The van der Waals surface area contributed by atoms with Gasteiger partial charge in [0.25, 0.3) is 0 Å². The van der Waals surface area contributed by atoms with E-state index < -0.39 is 21.8 Å². The number of nitrogens with one attached hydrogen (secondary N) is 1. The molecule has 1 unspecified atom stereocenters. The fourth-order valence-electron chi connectivity index (χ4n) is 2.46. The van der Waals surface area contributed by atoms with Gasteiger partial charge in [0.15, 0.2) is 0 Å². The molecule has 0 saturated carbocycles. The third kappa shape index (κ3) is 8.55. The van der Waals surface area contributed by atoms with Gasteiger partial charge in [0.2, 0.25) is 5.91 Å². The van der Waals surface area contributed by atoms with Gasteiger partial charge in [-0.3, -0.25) is 19.2 Å². The number of hydrogen-bond acceptors (Lipinski definition) is 8. The number of hydrogen-bond donors (Lipinski definition) is 1. The standard InChI is InChI=1S/C17H25N3O5S2/c1-4-5-14(19-27(23)24)10-11-20(17(22)26-18-2)16(21)12-13-6-8-15(25-3)9-7-13/h6-9,14,18H,4-5,10-12H2,1-3H3. The van der Waals surface area contributed by atoms with Crippen LogP contribution in [-0.2, 0) is 21.7 Å². The molecule has 1 N–H and O–H groups in total. The lowest BCUT2D eigenvalue weighted by Gasteiger charge is -2.21. The van der Waals surface area contributed by atoms with Crippen LogP contribution in [0.2, 0.25) is 0 Å². The van der Waals surface area contributed by atoms with Crippen molar-refractivity contribution in [2.45, 2.75) is 38.6 Å². The number of carbonyl (C=O) groups is 2. The molecule has 150 valence electrons. The van der Waals surface area contributed by atoms with E-state index in [9.17, 15) is 18.0 Å². The van der Waals surface area contributed by atoms with Crippen molar-refractivity contribution in [2.24, 2.45) is 4.36 Å². The third-order valence-electron chi connectivity index (χ3n) is 3.77. The monoisotopic (exact) mass is 415 g/mol. The number of amides is 2. The van der Waals surface area contributed by atoms with Gasteiger partial charge in [-0.25, -0.2) is 0 Å². The average molecular weight is 416 g/mol. The molecule has 27 heavy (non-hydrogen) atoms. The lowest BCUT2D eigenvalue weighted by atomic mass is 10.1. The molecule has 0 aromatic heterocycles. The Kier molecular flexibility index (Phi) is 10.7. The van der Waals surface area contributed by atoms with Gasteiger partial charge in [-0.15, -0.1) is 0 Å². The van der Waals surface area contributed by atoms with Crippen LogP contribution in [-0.4, -0.2) is 51.2 Å². The van der Waals surface area contributed by atoms with Gasteiger partial charge in [-0.1, -0.05) is 25.5 Å². The highest BCUT2D eigenvalue weighted by molar-refractivity contribution is 8.11. The molecule has 8 nitrogen and oxygen atoms in total. The Balaban J connectivity index is 2.86. The minimum Gasteiger partial charge on any atom is -0.497 e. The van der Waals surface area contributed by atoms with Gasteiger partial charge >= 0.3 is 15.7 Å². The second-order valence-electron chi connectivity index (χ2n) is 5.70. The summed E-state index contributed by atoms with van der Waals surface area (Å²) in [5, 5.41) is -0.436. The Morgan fingerprint density at radius 2 is 1.93 bits per heavy atom. The molecule has 1 aromatic carbocycles. The SMILES string of the molecule is CCCC(CCN(C(=O)Cc1ccc(OC)cc1)C(=O)SNC)N=S(=O)=O. The molecule has 1 atom stereocenters. The largest absolute Gasteiger partial charge is 0.497 e. The zero-order valence-corrected chi connectivity index (χ0v) is 17.3. The van der Waals surface area contributed by atoms with E-state index in [4.69, 9.17) is 4.74 Å². The number of benzene rings is 1. The molecule has 0 fully saturated rings. The molecular weight excluding hydrogens is 390 g/mol. The number of imide groups is 1. The second-order valence-corrected chi connectivity index (χ2v) is 7.30. The molecule has 0 spiro atoms. The van der Waals surface area contributed by atoms with E-state index >= 15 is 0 Å². The summed E-state index contributed by atoms with van der Waals surface area (Å²) in [6, 6.07) is 6.58. The van der Waals surface area contributed by atoms with Crippen LogP contribution in [0.25, 0.3) is 0 Å². The van der Waals surface area contributed by atoms with Crippen LogP contribution in [0, 0.1) is 0 Å². The number of rotatable bonds is 10. The van der Waals surface area contributed by atoms with Crippen LogP contribution in [0.15, 0.2) is 28.6 Å². The molecule has 0 bridgehead atoms. The summed E-state index contributed by atoms with van der Waals surface area (Å²) in [5.74, 6) is 0.325. The highest BCUT2D eigenvalue weighted by atomic mass is 32.2. The lowest BCUT2D eigenvalue weighted by Crippen LogP contribution is -2.38. The van der Waals surface area contributed by atoms with Crippen molar-refractivity contribution in [3.05, 3.63) is 29.8 Å². The molecule has 0 saturated heterocycles. The fraction of sp³-hybridized carbons (Fsp3) is 0.529. The quantitative estimate of drug-likeness (QED) is 0.586. The number of carbonyl (C=O) groups excluding carboxylic acids is 2. The molecular formula is C17H25N3O5S2. The minimum absolute atomic E-state index is 0.0586. The molecule has 0 aliphatic rings. The molecule has 1 rings (SSSR count). The summed E-state index contributed by atoms with van der Waals surface area (Å²) >= 11 is 0.807. The Labute approximate surface area is 165 Å². The van der Waals surface area contributed by atoms with E-state index in [0.717, 1.165) is 28.8 Å². The van der Waals surface area contributed by atoms with Crippen molar-refractivity contribution in [1.29, 1.82) is 0 Å². The van der Waals surface area contributed by atoms with Gasteiger partial charge in [-0.05, 0) is 37.6 Å². The number of ether oxygens (including phenoxy) is 1. The van der Waals surface area contributed by atoms with Crippen LogP contribution in [0.3, 0.4) is 0 Å². The number of nitrogens with zero attached hydrogens (tertiary/aromatic N) is 2. The molecule has 10 heteroatoms. The summed E-state index contributed by atoms with van der Waals surface area (Å²) < 4.78 is 33.1. The van der Waals surface area contributed by atoms with Crippen LogP contribution < -0.4 is 9.46 Å². The molecule has 0 heterocycles. The smallest absolute Gasteiger partial charge is 0.311 e. The van der Waals surface area contributed by atoms with Crippen LogP contribution >= 0.6 is 11.9 Å². The second kappa shape index (κ2) is 12.5. The number of methoxy groups -OCH3 is 1.